The van der Waals surface area contributed by atoms with Crippen LogP contribution in [0.3, 0.4) is 0 Å². The normalized spacial score (nSPS) is 14.1. The number of morpholine rings is 1. The zero-order valence-electron chi connectivity index (χ0n) is 14.6. The first-order valence-electron chi connectivity index (χ1n) is 8.77. The standard InChI is InChI=1S/C20H23ClN2O3/c21-17-3-1-16(2-4-17)15-26-19-7-5-18(6-8-19)22-10-9-20(24)23-11-13-25-14-12-23/h1-8,22H,9-15H2. The molecule has 0 radical (unpaired) electrons. The molecule has 0 unspecified atom stereocenters. The Hall–Kier alpha value is -2.24. The van der Waals surface area contributed by atoms with Crippen molar-refractivity contribution in [1.29, 1.82) is 0 Å². The Morgan fingerprint density at radius 3 is 2.46 bits per heavy atom. The predicted molar refractivity (Wildman–Crippen MR) is 103 cm³/mol. The summed E-state index contributed by atoms with van der Waals surface area (Å²) in [5.74, 6) is 0.971. The van der Waals surface area contributed by atoms with E-state index in [0.29, 0.717) is 45.9 Å². The lowest BCUT2D eigenvalue weighted by Gasteiger charge is -2.26. The molecule has 2 aromatic carbocycles. The summed E-state index contributed by atoms with van der Waals surface area (Å²) in [5.41, 5.74) is 2.04. The lowest BCUT2D eigenvalue weighted by Crippen LogP contribution is -2.41. The maximum absolute atomic E-state index is 12.1. The van der Waals surface area contributed by atoms with Gasteiger partial charge in [0.15, 0.2) is 0 Å². The monoisotopic (exact) mass is 374 g/mol. The van der Waals surface area contributed by atoms with Crippen molar-refractivity contribution in [2.75, 3.05) is 38.2 Å². The van der Waals surface area contributed by atoms with Gasteiger partial charge in [-0.15, -0.1) is 0 Å². The van der Waals surface area contributed by atoms with Gasteiger partial charge < -0.3 is 19.7 Å². The van der Waals surface area contributed by atoms with E-state index in [1.807, 2.05) is 53.4 Å². The van der Waals surface area contributed by atoms with Crippen LogP contribution in [0.4, 0.5) is 5.69 Å². The molecule has 0 atom stereocenters. The highest BCUT2D eigenvalue weighted by atomic mass is 35.5. The minimum absolute atomic E-state index is 0.170. The Labute approximate surface area is 158 Å². The lowest BCUT2D eigenvalue weighted by molar-refractivity contribution is -0.134. The number of nitrogens with one attached hydrogen (secondary N) is 1. The summed E-state index contributed by atoms with van der Waals surface area (Å²) in [7, 11) is 0. The molecule has 5 nitrogen and oxygen atoms in total. The minimum Gasteiger partial charge on any atom is -0.489 e. The van der Waals surface area contributed by atoms with Crippen LogP contribution in [0, 0.1) is 0 Å². The molecule has 0 aromatic heterocycles. The number of halogens is 1. The summed E-state index contributed by atoms with van der Waals surface area (Å²) >= 11 is 5.87. The minimum atomic E-state index is 0.170. The van der Waals surface area contributed by atoms with Crippen molar-refractivity contribution >= 4 is 23.2 Å². The largest absolute Gasteiger partial charge is 0.489 e. The van der Waals surface area contributed by atoms with Crippen molar-refractivity contribution in [1.82, 2.24) is 4.90 Å². The zero-order chi connectivity index (χ0) is 18.2. The second kappa shape index (κ2) is 9.46. The fourth-order valence-corrected chi connectivity index (χ4v) is 2.83. The van der Waals surface area contributed by atoms with Crippen molar-refractivity contribution < 1.29 is 14.3 Å². The quantitative estimate of drug-likeness (QED) is 0.804. The average Bonchev–Trinajstić information content (AvgIpc) is 2.69. The van der Waals surface area contributed by atoms with Crippen molar-refractivity contribution in [2.45, 2.75) is 13.0 Å². The molecule has 1 amide bonds. The van der Waals surface area contributed by atoms with Crippen LogP contribution in [-0.4, -0.2) is 43.7 Å². The van der Waals surface area contributed by atoms with Crippen LogP contribution in [0.2, 0.25) is 5.02 Å². The molecule has 3 rings (SSSR count). The van der Waals surface area contributed by atoms with Crippen LogP contribution >= 0.6 is 11.6 Å². The first-order valence-corrected chi connectivity index (χ1v) is 9.15. The Balaban J connectivity index is 1.39. The molecule has 1 N–H and O–H groups in total. The van der Waals surface area contributed by atoms with Crippen molar-refractivity contribution in [3.05, 3.63) is 59.1 Å². The van der Waals surface area contributed by atoms with Gasteiger partial charge in [0, 0.05) is 36.8 Å². The number of ether oxygens (including phenoxy) is 2. The smallest absolute Gasteiger partial charge is 0.224 e. The predicted octanol–water partition coefficient (Wildman–Crippen LogP) is 3.58. The van der Waals surface area contributed by atoms with Crippen LogP contribution in [0.15, 0.2) is 48.5 Å². The highest BCUT2D eigenvalue weighted by molar-refractivity contribution is 6.30. The van der Waals surface area contributed by atoms with Gasteiger partial charge in [-0.1, -0.05) is 23.7 Å². The van der Waals surface area contributed by atoms with Crippen molar-refractivity contribution in [2.24, 2.45) is 0 Å². The third kappa shape index (κ3) is 5.64. The van der Waals surface area contributed by atoms with Crippen LogP contribution in [0.1, 0.15) is 12.0 Å². The number of benzene rings is 2. The maximum Gasteiger partial charge on any atom is 0.224 e. The van der Waals surface area contributed by atoms with Gasteiger partial charge in [0.05, 0.1) is 13.2 Å². The van der Waals surface area contributed by atoms with Gasteiger partial charge in [0.2, 0.25) is 5.91 Å². The van der Waals surface area contributed by atoms with Gasteiger partial charge in [0.1, 0.15) is 12.4 Å². The summed E-state index contributed by atoms with van der Waals surface area (Å²) < 4.78 is 11.0. The Kier molecular flexibility index (Phi) is 6.75. The molecular formula is C20H23ClN2O3. The topological polar surface area (TPSA) is 50.8 Å². The molecule has 0 bridgehead atoms. The van der Waals surface area contributed by atoms with E-state index >= 15 is 0 Å². The highest BCUT2D eigenvalue weighted by Gasteiger charge is 2.15. The average molecular weight is 375 g/mol. The van der Waals surface area contributed by atoms with E-state index in [4.69, 9.17) is 21.1 Å². The summed E-state index contributed by atoms with van der Waals surface area (Å²) in [6.07, 6.45) is 0.481. The summed E-state index contributed by atoms with van der Waals surface area (Å²) in [6.45, 7) is 3.77. The number of carbonyl (C=O) groups excluding carboxylic acids is 1. The molecule has 6 heteroatoms. The molecular weight excluding hydrogens is 352 g/mol. The molecule has 0 aliphatic carbocycles. The third-order valence-corrected chi connectivity index (χ3v) is 4.46. The lowest BCUT2D eigenvalue weighted by atomic mass is 10.2. The first kappa shape index (κ1) is 18.5. The van der Waals surface area contributed by atoms with Crippen molar-refractivity contribution in [3.63, 3.8) is 0 Å². The fraction of sp³-hybridized carbons (Fsp3) is 0.350. The van der Waals surface area contributed by atoms with E-state index in [-0.39, 0.29) is 5.91 Å². The van der Waals surface area contributed by atoms with E-state index in [1.165, 1.54) is 0 Å². The van der Waals surface area contributed by atoms with E-state index in [2.05, 4.69) is 5.32 Å². The van der Waals surface area contributed by atoms with Crippen LogP contribution in [0.5, 0.6) is 5.75 Å². The van der Waals surface area contributed by atoms with Gasteiger partial charge in [-0.2, -0.15) is 0 Å². The fourth-order valence-electron chi connectivity index (χ4n) is 2.70. The number of hydrogen-bond acceptors (Lipinski definition) is 4. The molecule has 2 aromatic rings. The van der Waals surface area contributed by atoms with Crippen molar-refractivity contribution in [3.8, 4) is 5.75 Å². The summed E-state index contributed by atoms with van der Waals surface area (Å²) in [5, 5.41) is 3.99. The molecule has 1 aliphatic rings. The number of carbonyl (C=O) groups is 1. The SMILES string of the molecule is O=C(CCNc1ccc(OCc2ccc(Cl)cc2)cc1)N1CCOCC1. The molecule has 138 valence electrons. The maximum atomic E-state index is 12.1. The Morgan fingerprint density at radius 1 is 1.08 bits per heavy atom. The molecule has 1 aliphatic heterocycles. The molecule has 1 fully saturated rings. The number of rotatable bonds is 7. The van der Waals surface area contributed by atoms with Gasteiger partial charge >= 0.3 is 0 Å². The van der Waals surface area contributed by atoms with E-state index < -0.39 is 0 Å². The first-order chi connectivity index (χ1) is 12.7. The van der Waals surface area contributed by atoms with Gasteiger partial charge in [0.25, 0.3) is 0 Å². The van der Waals surface area contributed by atoms with Gasteiger partial charge in [-0.05, 0) is 42.0 Å². The highest BCUT2D eigenvalue weighted by Crippen LogP contribution is 2.18. The number of nitrogens with zero attached hydrogens (tertiary/aromatic N) is 1. The van der Waals surface area contributed by atoms with Crippen LogP contribution < -0.4 is 10.1 Å². The molecule has 0 saturated carbocycles. The van der Waals surface area contributed by atoms with Gasteiger partial charge in [-0.3, -0.25) is 4.79 Å². The van der Waals surface area contributed by atoms with E-state index in [9.17, 15) is 4.79 Å². The summed E-state index contributed by atoms with van der Waals surface area (Å²) in [6, 6.07) is 15.3. The Morgan fingerprint density at radius 2 is 1.77 bits per heavy atom. The second-order valence-corrected chi connectivity index (χ2v) is 6.55. The summed E-state index contributed by atoms with van der Waals surface area (Å²) in [4.78, 5) is 13.9. The molecule has 1 saturated heterocycles. The third-order valence-electron chi connectivity index (χ3n) is 4.20. The second-order valence-electron chi connectivity index (χ2n) is 6.11. The molecule has 0 spiro atoms. The number of amides is 1. The number of hydrogen-bond donors (Lipinski definition) is 1. The number of anilines is 1. The molecule has 26 heavy (non-hydrogen) atoms. The van der Waals surface area contributed by atoms with Crippen LogP contribution in [-0.2, 0) is 16.1 Å². The van der Waals surface area contributed by atoms with Gasteiger partial charge in [-0.25, -0.2) is 0 Å². The van der Waals surface area contributed by atoms with E-state index in [0.717, 1.165) is 22.0 Å². The molecule has 1 heterocycles. The van der Waals surface area contributed by atoms with E-state index in [1.54, 1.807) is 0 Å². The zero-order valence-corrected chi connectivity index (χ0v) is 15.4. The van der Waals surface area contributed by atoms with Crippen LogP contribution in [0.25, 0.3) is 0 Å². The Bertz CT molecular complexity index is 698.